The first-order valence-corrected chi connectivity index (χ1v) is 5.29. The Balaban J connectivity index is 4.54. The summed E-state index contributed by atoms with van der Waals surface area (Å²) in [5, 5.41) is 3.96. The van der Waals surface area contributed by atoms with Gasteiger partial charge in [0.15, 0.2) is 0 Å². The molecular formula is C11H20N2O4. The Morgan fingerprint density at radius 1 is 1.12 bits per heavy atom. The van der Waals surface area contributed by atoms with E-state index >= 15 is 0 Å². The highest BCUT2D eigenvalue weighted by Gasteiger charge is 2.16. The number of hydrazone groups is 1. The third-order valence-corrected chi connectivity index (χ3v) is 1.74. The first-order valence-electron chi connectivity index (χ1n) is 5.29. The maximum atomic E-state index is 11.4. The second kappa shape index (κ2) is 6.88. The van der Waals surface area contributed by atoms with Crippen LogP contribution >= 0.6 is 0 Å². The largest absolute Gasteiger partial charge is 0.469 e. The molecule has 0 saturated carbocycles. The topological polar surface area (TPSA) is 77.0 Å². The molecule has 0 aliphatic rings. The molecule has 0 aliphatic carbocycles. The van der Waals surface area contributed by atoms with Gasteiger partial charge in [-0.2, -0.15) is 5.10 Å². The molecule has 6 heteroatoms. The van der Waals surface area contributed by atoms with Crippen molar-refractivity contribution in [1.82, 2.24) is 5.43 Å². The molecule has 0 unspecified atom stereocenters. The summed E-state index contributed by atoms with van der Waals surface area (Å²) in [6, 6.07) is 0. The molecule has 0 heterocycles. The summed E-state index contributed by atoms with van der Waals surface area (Å²) in [7, 11) is 2.57. The first kappa shape index (κ1) is 15.4. The predicted molar refractivity (Wildman–Crippen MR) is 63.6 cm³/mol. The van der Waals surface area contributed by atoms with E-state index in [4.69, 9.17) is 0 Å². The highest BCUT2D eigenvalue weighted by atomic mass is 16.5. The fourth-order valence-electron chi connectivity index (χ4n) is 0.879. The van der Waals surface area contributed by atoms with Crippen LogP contribution in [0.5, 0.6) is 0 Å². The molecule has 0 bridgehead atoms. The van der Waals surface area contributed by atoms with Crippen molar-refractivity contribution in [2.75, 3.05) is 14.2 Å². The summed E-state index contributed by atoms with van der Waals surface area (Å²) in [4.78, 5) is 22.4. The predicted octanol–water partition coefficient (Wildman–Crippen LogP) is 0.857. The normalized spacial score (nSPS) is 11.9. The van der Waals surface area contributed by atoms with Gasteiger partial charge in [0.2, 0.25) is 0 Å². The lowest BCUT2D eigenvalue weighted by molar-refractivity contribution is -0.140. The molecular weight excluding hydrogens is 224 g/mol. The number of methoxy groups -OCH3 is 2. The van der Waals surface area contributed by atoms with E-state index in [1.807, 2.05) is 20.8 Å². The molecule has 0 aliphatic heterocycles. The van der Waals surface area contributed by atoms with E-state index in [-0.39, 0.29) is 24.1 Å². The lowest BCUT2D eigenvalue weighted by atomic mass is 10.1. The van der Waals surface area contributed by atoms with Crippen molar-refractivity contribution in [3.05, 3.63) is 0 Å². The van der Waals surface area contributed by atoms with Gasteiger partial charge in [0, 0.05) is 12.0 Å². The zero-order valence-electron chi connectivity index (χ0n) is 11.0. The fourth-order valence-corrected chi connectivity index (χ4v) is 0.879. The minimum Gasteiger partial charge on any atom is -0.469 e. The Morgan fingerprint density at radius 3 is 2.12 bits per heavy atom. The smallest absolute Gasteiger partial charge is 0.354 e. The zero-order valence-corrected chi connectivity index (χ0v) is 11.0. The van der Waals surface area contributed by atoms with E-state index in [0.29, 0.717) is 0 Å². The minimum absolute atomic E-state index is 0.0935. The summed E-state index contributed by atoms with van der Waals surface area (Å²) in [5.41, 5.74) is 2.73. The third kappa shape index (κ3) is 7.32. The average molecular weight is 244 g/mol. The van der Waals surface area contributed by atoms with Crippen molar-refractivity contribution in [2.24, 2.45) is 5.10 Å². The summed E-state index contributed by atoms with van der Waals surface area (Å²) in [6.07, 6.45) is 0.276. The van der Waals surface area contributed by atoms with Gasteiger partial charge < -0.3 is 14.9 Å². The van der Waals surface area contributed by atoms with Crippen molar-refractivity contribution < 1.29 is 19.1 Å². The van der Waals surface area contributed by atoms with E-state index in [1.165, 1.54) is 14.2 Å². The van der Waals surface area contributed by atoms with Crippen LogP contribution in [-0.2, 0) is 19.1 Å². The zero-order chi connectivity index (χ0) is 13.5. The Hall–Kier alpha value is -1.59. The number of nitrogens with zero attached hydrogens (tertiary/aromatic N) is 1. The Bertz CT molecular complexity index is 305. The Labute approximate surface area is 101 Å². The van der Waals surface area contributed by atoms with Gasteiger partial charge in [-0.25, -0.2) is 4.79 Å². The molecule has 0 aromatic heterocycles. The average Bonchev–Trinajstić information content (AvgIpc) is 2.26. The molecule has 1 N–H and O–H groups in total. The summed E-state index contributed by atoms with van der Waals surface area (Å²) < 4.78 is 9.07. The third-order valence-electron chi connectivity index (χ3n) is 1.74. The first-order chi connectivity index (χ1) is 7.80. The van der Waals surface area contributed by atoms with Crippen molar-refractivity contribution in [2.45, 2.75) is 39.2 Å². The maximum absolute atomic E-state index is 11.4. The molecule has 0 atom stereocenters. The van der Waals surface area contributed by atoms with Gasteiger partial charge in [-0.1, -0.05) is 0 Å². The second-order valence-electron chi connectivity index (χ2n) is 4.49. The number of hydrogen-bond donors (Lipinski definition) is 1. The van der Waals surface area contributed by atoms with Crippen molar-refractivity contribution in [3.63, 3.8) is 0 Å². The molecule has 0 fully saturated rings. The summed E-state index contributed by atoms with van der Waals surface area (Å²) >= 11 is 0. The number of esters is 2. The van der Waals surface area contributed by atoms with Crippen LogP contribution < -0.4 is 5.43 Å². The monoisotopic (exact) mass is 244 g/mol. The van der Waals surface area contributed by atoms with E-state index < -0.39 is 11.9 Å². The number of ether oxygens (including phenoxy) is 2. The summed E-state index contributed by atoms with van der Waals surface area (Å²) in [6.45, 7) is 5.73. The Kier molecular flexibility index (Phi) is 6.23. The Morgan fingerprint density at radius 2 is 1.71 bits per heavy atom. The SMILES string of the molecule is COC(=O)CCC(=NNC(C)(C)C)C(=O)OC. The summed E-state index contributed by atoms with van der Waals surface area (Å²) in [5.74, 6) is -0.942. The van der Waals surface area contributed by atoms with Crippen LogP contribution in [0.4, 0.5) is 0 Å². The van der Waals surface area contributed by atoms with Crippen molar-refractivity contribution >= 4 is 17.7 Å². The molecule has 0 radical (unpaired) electrons. The molecule has 6 nitrogen and oxygen atoms in total. The van der Waals surface area contributed by atoms with E-state index in [0.717, 1.165) is 0 Å². The van der Waals surface area contributed by atoms with Crippen LogP contribution in [0.1, 0.15) is 33.6 Å². The molecule has 0 aromatic carbocycles. The molecule has 0 aromatic rings. The van der Waals surface area contributed by atoms with Gasteiger partial charge >= 0.3 is 11.9 Å². The van der Waals surface area contributed by atoms with Gasteiger partial charge in [-0.15, -0.1) is 0 Å². The van der Waals surface area contributed by atoms with Crippen LogP contribution in [0.25, 0.3) is 0 Å². The molecule has 0 rings (SSSR count). The van der Waals surface area contributed by atoms with Crippen LogP contribution in [0, 0.1) is 0 Å². The van der Waals surface area contributed by atoms with Crippen LogP contribution in [0.3, 0.4) is 0 Å². The van der Waals surface area contributed by atoms with E-state index in [1.54, 1.807) is 0 Å². The number of hydrogen-bond acceptors (Lipinski definition) is 6. The molecule has 98 valence electrons. The number of nitrogens with one attached hydrogen (secondary N) is 1. The highest BCUT2D eigenvalue weighted by molar-refractivity contribution is 6.36. The van der Waals surface area contributed by atoms with Crippen LogP contribution in [-0.4, -0.2) is 37.4 Å². The molecule has 17 heavy (non-hydrogen) atoms. The van der Waals surface area contributed by atoms with E-state index in [9.17, 15) is 9.59 Å². The van der Waals surface area contributed by atoms with Crippen molar-refractivity contribution in [1.29, 1.82) is 0 Å². The molecule has 0 saturated heterocycles. The molecule has 0 amide bonds. The maximum Gasteiger partial charge on any atom is 0.354 e. The van der Waals surface area contributed by atoms with Gasteiger partial charge in [0.05, 0.1) is 20.6 Å². The highest BCUT2D eigenvalue weighted by Crippen LogP contribution is 2.01. The van der Waals surface area contributed by atoms with Gasteiger partial charge in [0.25, 0.3) is 0 Å². The molecule has 0 spiro atoms. The van der Waals surface area contributed by atoms with Crippen molar-refractivity contribution in [3.8, 4) is 0 Å². The van der Waals surface area contributed by atoms with E-state index in [2.05, 4.69) is 20.0 Å². The fraction of sp³-hybridized carbons (Fsp3) is 0.727. The number of carbonyl (C=O) groups is 2. The quantitative estimate of drug-likeness (QED) is 0.441. The standard InChI is InChI=1S/C11H20N2O4/c1-11(2,3)13-12-8(10(15)17-5)6-7-9(14)16-4/h13H,6-7H2,1-5H3. The van der Waals surface area contributed by atoms with Gasteiger partial charge in [0.1, 0.15) is 5.71 Å². The lowest BCUT2D eigenvalue weighted by Crippen LogP contribution is -2.33. The second-order valence-corrected chi connectivity index (χ2v) is 4.49. The van der Waals surface area contributed by atoms with Gasteiger partial charge in [-0.05, 0) is 20.8 Å². The number of rotatable bonds is 5. The minimum atomic E-state index is -0.550. The number of carbonyl (C=O) groups excluding carboxylic acids is 2. The van der Waals surface area contributed by atoms with Crippen LogP contribution in [0.15, 0.2) is 5.10 Å². The van der Waals surface area contributed by atoms with Gasteiger partial charge in [-0.3, -0.25) is 4.79 Å². The lowest BCUT2D eigenvalue weighted by Gasteiger charge is -2.18. The van der Waals surface area contributed by atoms with Crippen LogP contribution in [0.2, 0.25) is 0 Å².